The Kier molecular flexibility index (Phi) is 4.97. The maximum Gasteiger partial charge on any atom is 0.225 e. The molecule has 17 heavy (non-hydrogen) atoms. The highest BCUT2D eigenvalue weighted by Gasteiger charge is 2.05. The van der Waals surface area contributed by atoms with Crippen molar-refractivity contribution in [1.82, 2.24) is 0 Å². The van der Waals surface area contributed by atoms with Crippen LogP contribution in [0.5, 0.6) is 0 Å². The van der Waals surface area contributed by atoms with E-state index in [-0.39, 0.29) is 24.1 Å². The van der Waals surface area contributed by atoms with Crippen LogP contribution >= 0.6 is 11.6 Å². The van der Waals surface area contributed by atoms with E-state index in [9.17, 15) is 9.59 Å². The van der Waals surface area contributed by atoms with Gasteiger partial charge in [0.1, 0.15) is 0 Å². The summed E-state index contributed by atoms with van der Waals surface area (Å²) in [5.41, 5.74) is 2.28. The Morgan fingerprint density at radius 1 is 1.29 bits per heavy atom. The van der Waals surface area contributed by atoms with Gasteiger partial charge in [-0.1, -0.05) is 6.07 Å². The van der Waals surface area contributed by atoms with Crippen LogP contribution in [0, 0.1) is 6.92 Å². The fraction of sp³-hybridized carbons (Fsp3) is 0.333. The summed E-state index contributed by atoms with van der Waals surface area (Å²) in [6.07, 6.45) is 0.269. The predicted octanol–water partition coefficient (Wildman–Crippen LogP) is 2.52. The molecule has 0 bridgehead atoms. The van der Waals surface area contributed by atoms with Crippen molar-refractivity contribution in [3.05, 3.63) is 23.8 Å². The highest BCUT2D eigenvalue weighted by atomic mass is 35.5. The van der Waals surface area contributed by atoms with E-state index in [0.29, 0.717) is 11.4 Å². The van der Waals surface area contributed by atoms with Crippen molar-refractivity contribution in [3.63, 3.8) is 0 Å². The molecule has 4 nitrogen and oxygen atoms in total. The SMILES string of the molecule is CC(=O)Nc1cc(NC(=O)CCCl)ccc1C. The lowest BCUT2D eigenvalue weighted by atomic mass is 10.1. The van der Waals surface area contributed by atoms with Gasteiger partial charge in [0.2, 0.25) is 11.8 Å². The van der Waals surface area contributed by atoms with Gasteiger partial charge in [-0.2, -0.15) is 0 Å². The number of anilines is 2. The van der Waals surface area contributed by atoms with Crippen molar-refractivity contribution in [2.45, 2.75) is 20.3 Å². The zero-order valence-electron chi connectivity index (χ0n) is 9.84. The molecule has 0 radical (unpaired) electrons. The highest BCUT2D eigenvalue weighted by Crippen LogP contribution is 2.20. The second-order valence-corrected chi connectivity index (χ2v) is 4.08. The zero-order chi connectivity index (χ0) is 12.8. The van der Waals surface area contributed by atoms with Gasteiger partial charge in [-0.25, -0.2) is 0 Å². The van der Waals surface area contributed by atoms with Crippen molar-refractivity contribution in [2.24, 2.45) is 0 Å². The fourth-order valence-electron chi connectivity index (χ4n) is 1.33. The number of halogens is 1. The molecule has 0 aromatic heterocycles. The largest absolute Gasteiger partial charge is 0.326 e. The fourth-order valence-corrected chi connectivity index (χ4v) is 1.51. The van der Waals surface area contributed by atoms with Gasteiger partial charge in [0, 0.05) is 30.6 Å². The number of amides is 2. The van der Waals surface area contributed by atoms with Gasteiger partial charge in [0.15, 0.2) is 0 Å². The molecule has 5 heteroatoms. The van der Waals surface area contributed by atoms with Crippen molar-refractivity contribution in [1.29, 1.82) is 0 Å². The first kappa shape index (κ1) is 13.5. The number of nitrogens with one attached hydrogen (secondary N) is 2. The number of rotatable bonds is 4. The van der Waals surface area contributed by atoms with Crippen LogP contribution < -0.4 is 10.6 Å². The van der Waals surface area contributed by atoms with Gasteiger partial charge in [-0.05, 0) is 24.6 Å². The van der Waals surface area contributed by atoms with Gasteiger partial charge in [0.25, 0.3) is 0 Å². The Hall–Kier alpha value is -1.55. The van der Waals surface area contributed by atoms with Crippen LogP contribution in [0.4, 0.5) is 11.4 Å². The number of benzene rings is 1. The van der Waals surface area contributed by atoms with Gasteiger partial charge in [-0.15, -0.1) is 11.6 Å². The Balaban J connectivity index is 2.81. The first-order valence-electron chi connectivity index (χ1n) is 5.27. The third-order valence-electron chi connectivity index (χ3n) is 2.15. The number of aryl methyl sites for hydroxylation is 1. The number of carbonyl (C=O) groups excluding carboxylic acids is 2. The van der Waals surface area contributed by atoms with Crippen LogP contribution in [-0.4, -0.2) is 17.7 Å². The number of carbonyl (C=O) groups is 2. The third-order valence-corrected chi connectivity index (χ3v) is 2.34. The van der Waals surface area contributed by atoms with E-state index in [0.717, 1.165) is 5.56 Å². The van der Waals surface area contributed by atoms with Crippen LogP contribution in [0.15, 0.2) is 18.2 Å². The molecule has 0 saturated heterocycles. The topological polar surface area (TPSA) is 58.2 Å². The number of alkyl halides is 1. The van der Waals surface area contributed by atoms with E-state index in [1.807, 2.05) is 13.0 Å². The minimum absolute atomic E-state index is 0.141. The molecule has 0 fully saturated rings. The molecule has 0 saturated carbocycles. The van der Waals surface area contributed by atoms with E-state index >= 15 is 0 Å². The molecule has 0 atom stereocenters. The van der Waals surface area contributed by atoms with E-state index in [1.165, 1.54) is 6.92 Å². The average molecular weight is 255 g/mol. The summed E-state index contributed by atoms with van der Waals surface area (Å²) >= 11 is 5.47. The lowest BCUT2D eigenvalue weighted by molar-refractivity contribution is -0.116. The summed E-state index contributed by atoms with van der Waals surface area (Å²) < 4.78 is 0. The van der Waals surface area contributed by atoms with Crippen LogP contribution in [0.1, 0.15) is 18.9 Å². The third kappa shape index (κ3) is 4.44. The molecule has 0 heterocycles. The molecule has 0 spiro atoms. The quantitative estimate of drug-likeness (QED) is 0.811. The zero-order valence-corrected chi connectivity index (χ0v) is 10.6. The average Bonchev–Trinajstić information content (AvgIpc) is 2.22. The summed E-state index contributed by atoms with van der Waals surface area (Å²) in [5.74, 6) is 0.00550. The summed E-state index contributed by atoms with van der Waals surface area (Å²) in [4.78, 5) is 22.3. The van der Waals surface area contributed by atoms with E-state index in [1.54, 1.807) is 12.1 Å². The smallest absolute Gasteiger partial charge is 0.225 e. The Morgan fingerprint density at radius 3 is 2.59 bits per heavy atom. The monoisotopic (exact) mass is 254 g/mol. The summed E-state index contributed by atoms with van der Waals surface area (Å²) in [5, 5.41) is 5.41. The second kappa shape index (κ2) is 6.25. The molecule has 0 aliphatic carbocycles. The van der Waals surface area contributed by atoms with Crippen molar-refractivity contribution in [3.8, 4) is 0 Å². The maximum atomic E-state index is 11.3. The van der Waals surface area contributed by atoms with Gasteiger partial charge >= 0.3 is 0 Å². The van der Waals surface area contributed by atoms with Gasteiger partial charge in [-0.3, -0.25) is 9.59 Å². The minimum Gasteiger partial charge on any atom is -0.326 e. The first-order valence-corrected chi connectivity index (χ1v) is 5.80. The summed E-state index contributed by atoms with van der Waals surface area (Å²) in [7, 11) is 0. The normalized spacial score (nSPS) is 9.82. The number of hydrogen-bond donors (Lipinski definition) is 2. The number of hydrogen-bond acceptors (Lipinski definition) is 2. The molecule has 2 N–H and O–H groups in total. The lowest BCUT2D eigenvalue weighted by Crippen LogP contribution is -2.13. The molecular weight excluding hydrogens is 240 g/mol. The molecule has 0 aliphatic heterocycles. The van der Waals surface area contributed by atoms with Crippen LogP contribution in [0.2, 0.25) is 0 Å². The molecule has 0 aliphatic rings. The summed E-state index contributed by atoms with van der Waals surface area (Å²) in [6.45, 7) is 3.33. The Labute approximate surface area is 105 Å². The van der Waals surface area contributed by atoms with Crippen molar-refractivity contribution >= 4 is 34.8 Å². The van der Waals surface area contributed by atoms with Crippen molar-refractivity contribution < 1.29 is 9.59 Å². The van der Waals surface area contributed by atoms with Crippen LogP contribution in [-0.2, 0) is 9.59 Å². The van der Waals surface area contributed by atoms with Gasteiger partial charge < -0.3 is 10.6 Å². The molecule has 2 amide bonds. The maximum absolute atomic E-state index is 11.3. The van der Waals surface area contributed by atoms with Crippen LogP contribution in [0.25, 0.3) is 0 Å². The summed E-state index contributed by atoms with van der Waals surface area (Å²) in [6, 6.07) is 5.34. The molecular formula is C12H15ClN2O2. The lowest BCUT2D eigenvalue weighted by Gasteiger charge is -2.10. The minimum atomic E-state index is -0.141. The highest BCUT2D eigenvalue weighted by molar-refractivity contribution is 6.19. The van der Waals surface area contributed by atoms with Gasteiger partial charge in [0.05, 0.1) is 0 Å². The predicted molar refractivity (Wildman–Crippen MR) is 69.4 cm³/mol. The first-order chi connectivity index (χ1) is 8.02. The standard InChI is InChI=1S/C12H15ClN2O2/c1-8-3-4-10(15-12(17)5-6-13)7-11(8)14-9(2)16/h3-4,7H,5-6H2,1-2H3,(H,14,16)(H,15,17). The van der Waals surface area contributed by atoms with E-state index in [4.69, 9.17) is 11.6 Å². The second-order valence-electron chi connectivity index (χ2n) is 3.70. The van der Waals surface area contributed by atoms with Crippen LogP contribution in [0.3, 0.4) is 0 Å². The molecule has 1 aromatic carbocycles. The molecule has 1 aromatic rings. The van der Waals surface area contributed by atoms with E-state index in [2.05, 4.69) is 10.6 Å². The van der Waals surface area contributed by atoms with Crippen molar-refractivity contribution in [2.75, 3.05) is 16.5 Å². The molecule has 1 rings (SSSR count). The Bertz CT molecular complexity index is 433. The molecule has 0 unspecified atom stereocenters. The molecule has 92 valence electrons. The Morgan fingerprint density at radius 2 is 2.00 bits per heavy atom. The van der Waals surface area contributed by atoms with E-state index < -0.39 is 0 Å².